The molecule has 2 aromatic carbocycles. The Kier molecular flexibility index (Phi) is 4.49. The van der Waals surface area contributed by atoms with Crippen LogP contribution < -0.4 is 0 Å². The lowest BCUT2D eigenvalue weighted by Gasteiger charge is -2.43. The van der Waals surface area contributed by atoms with Crippen LogP contribution in [0.15, 0.2) is 54.6 Å². The molecule has 1 heterocycles. The predicted molar refractivity (Wildman–Crippen MR) is 91.0 cm³/mol. The standard InChI is InChI=1S/C20H23NO2/c1-3-13-20(17-10-5-4-6-11-17)18-12-8-7-9-16(18)14-21(15-23-2)19(20)22/h4-12H,3,13-15H2,1-2H3. The molecule has 0 radical (unpaired) electrons. The molecule has 3 heteroatoms. The molecule has 1 unspecified atom stereocenters. The first-order valence-corrected chi connectivity index (χ1v) is 8.16. The Bertz CT molecular complexity index is 683. The fourth-order valence-corrected chi connectivity index (χ4v) is 3.76. The molecule has 0 saturated carbocycles. The smallest absolute Gasteiger partial charge is 0.239 e. The van der Waals surface area contributed by atoms with E-state index in [1.54, 1.807) is 7.11 Å². The number of fused-ring (bicyclic) bond motifs is 1. The summed E-state index contributed by atoms with van der Waals surface area (Å²) >= 11 is 0. The van der Waals surface area contributed by atoms with Crippen LogP contribution in [0.1, 0.15) is 36.5 Å². The number of nitrogens with zero attached hydrogens (tertiary/aromatic N) is 1. The lowest BCUT2D eigenvalue weighted by Crippen LogP contribution is -2.52. The number of benzene rings is 2. The first-order valence-electron chi connectivity index (χ1n) is 8.16. The van der Waals surface area contributed by atoms with Crippen molar-refractivity contribution in [2.24, 2.45) is 0 Å². The van der Waals surface area contributed by atoms with Crippen LogP contribution in [-0.4, -0.2) is 24.6 Å². The van der Waals surface area contributed by atoms with Crippen molar-refractivity contribution in [1.29, 1.82) is 0 Å². The third kappa shape index (κ3) is 2.55. The van der Waals surface area contributed by atoms with E-state index in [0.29, 0.717) is 13.3 Å². The Hall–Kier alpha value is -2.13. The second kappa shape index (κ2) is 6.55. The van der Waals surface area contributed by atoms with Gasteiger partial charge in [0.25, 0.3) is 0 Å². The normalized spacial score (nSPS) is 20.4. The van der Waals surface area contributed by atoms with Crippen LogP contribution in [0, 0.1) is 0 Å². The molecule has 0 saturated heterocycles. The number of hydrogen-bond acceptors (Lipinski definition) is 2. The zero-order valence-electron chi connectivity index (χ0n) is 13.8. The SMILES string of the molecule is CCCC1(c2ccccc2)C(=O)N(COC)Cc2ccccc21. The molecule has 1 amide bonds. The monoisotopic (exact) mass is 309 g/mol. The lowest BCUT2D eigenvalue weighted by atomic mass is 9.67. The van der Waals surface area contributed by atoms with Crippen LogP contribution in [0.25, 0.3) is 0 Å². The number of carbonyl (C=O) groups excluding carboxylic acids is 1. The summed E-state index contributed by atoms with van der Waals surface area (Å²) in [6.45, 7) is 3.07. The van der Waals surface area contributed by atoms with Gasteiger partial charge in [0.15, 0.2) is 0 Å². The van der Waals surface area contributed by atoms with Gasteiger partial charge in [0.2, 0.25) is 5.91 Å². The van der Waals surface area contributed by atoms with Gasteiger partial charge in [0.1, 0.15) is 6.73 Å². The van der Waals surface area contributed by atoms with E-state index in [4.69, 9.17) is 4.74 Å². The Morgan fingerprint density at radius 3 is 2.48 bits per heavy atom. The third-order valence-corrected chi connectivity index (χ3v) is 4.67. The molecule has 0 N–H and O–H groups in total. The topological polar surface area (TPSA) is 29.5 Å². The molecule has 0 aromatic heterocycles. The molecule has 23 heavy (non-hydrogen) atoms. The maximum atomic E-state index is 13.4. The minimum atomic E-state index is -0.608. The number of ether oxygens (including phenoxy) is 1. The summed E-state index contributed by atoms with van der Waals surface area (Å²) in [7, 11) is 1.64. The highest BCUT2D eigenvalue weighted by molar-refractivity contribution is 5.94. The molecule has 0 aliphatic carbocycles. The number of methoxy groups -OCH3 is 1. The summed E-state index contributed by atoms with van der Waals surface area (Å²) in [4.78, 5) is 15.3. The molecule has 1 aliphatic rings. The van der Waals surface area contributed by atoms with E-state index in [-0.39, 0.29) is 5.91 Å². The third-order valence-electron chi connectivity index (χ3n) is 4.67. The van der Waals surface area contributed by atoms with Crippen molar-refractivity contribution in [3.63, 3.8) is 0 Å². The van der Waals surface area contributed by atoms with Gasteiger partial charge in [0.05, 0.1) is 5.41 Å². The van der Waals surface area contributed by atoms with E-state index in [9.17, 15) is 4.79 Å². The molecule has 3 nitrogen and oxygen atoms in total. The highest BCUT2D eigenvalue weighted by Gasteiger charge is 2.47. The van der Waals surface area contributed by atoms with Crippen LogP contribution in [0.2, 0.25) is 0 Å². The van der Waals surface area contributed by atoms with Crippen LogP contribution in [0.5, 0.6) is 0 Å². The lowest BCUT2D eigenvalue weighted by molar-refractivity contribution is -0.143. The molecule has 0 fully saturated rings. The number of amides is 1. The van der Waals surface area contributed by atoms with Gasteiger partial charge in [-0.15, -0.1) is 0 Å². The summed E-state index contributed by atoms with van der Waals surface area (Å²) < 4.78 is 5.28. The van der Waals surface area contributed by atoms with E-state index in [2.05, 4.69) is 31.2 Å². The van der Waals surface area contributed by atoms with Gasteiger partial charge < -0.3 is 9.64 Å². The van der Waals surface area contributed by atoms with Gasteiger partial charge in [-0.2, -0.15) is 0 Å². The second-order valence-corrected chi connectivity index (χ2v) is 6.10. The van der Waals surface area contributed by atoms with Crippen LogP contribution in [0.4, 0.5) is 0 Å². The molecule has 0 spiro atoms. The number of rotatable bonds is 5. The average Bonchev–Trinajstić information content (AvgIpc) is 2.59. The van der Waals surface area contributed by atoms with Crippen molar-refractivity contribution in [3.8, 4) is 0 Å². The highest BCUT2D eigenvalue weighted by Crippen LogP contribution is 2.43. The first kappa shape index (κ1) is 15.8. The van der Waals surface area contributed by atoms with Gasteiger partial charge in [-0.25, -0.2) is 0 Å². The summed E-state index contributed by atoms with van der Waals surface area (Å²) in [6, 6.07) is 18.5. The fourth-order valence-electron chi connectivity index (χ4n) is 3.76. The number of carbonyl (C=O) groups is 1. The molecular weight excluding hydrogens is 286 g/mol. The molecule has 120 valence electrons. The van der Waals surface area contributed by atoms with Crippen LogP contribution >= 0.6 is 0 Å². The predicted octanol–water partition coefficient (Wildman–Crippen LogP) is 3.72. The van der Waals surface area contributed by atoms with Crippen molar-refractivity contribution < 1.29 is 9.53 Å². The summed E-state index contributed by atoms with van der Waals surface area (Å²) in [6.07, 6.45) is 1.74. The molecule has 0 bridgehead atoms. The van der Waals surface area contributed by atoms with Gasteiger partial charge in [-0.3, -0.25) is 4.79 Å². The summed E-state index contributed by atoms with van der Waals surface area (Å²) in [5, 5.41) is 0. The van der Waals surface area contributed by atoms with Crippen molar-refractivity contribution in [1.82, 2.24) is 4.90 Å². The molecule has 3 rings (SSSR count). The van der Waals surface area contributed by atoms with Crippen molar-refractivity contribution in [3.05, 3.63) is 71.3 Å². The van der Waals surface area contributed by atoms with Crippen molar-refractivity contribution in [2.45, 2.75) is 31.7 Å². The van der Waals surface area contributed by atoms with Crippen LogP contribution in [0.3, 0.4) is 0 Å². The quantitative estimate of drug-likeness (QED) is 0.842. The molecule has 1 aliphatic heterocycles. The first-order chi connectivity index (χ1) is 11.2. The zero-order valence-corrected chi connectivity index (χ0v) is 13.8. The summed E-state index contributed by atoms with van der Waals surface area (Å²) in [5.41, 5.74) is 2.82. The average molecular weight is 309 g/mol. The van der Waals surface area contributed by atoms with Gasteiger partial charge in [-0.1, -0.05) is 67.9 Å². The molecule has 2 aromatic rings. The Morgan fingerprint density at radius 1 is 1.09 bits per heavy atom. The fraction of sp³-hybridized carbons (Fsp3) is 0.350. The minimum Gasteiger partial charge on any atom is -0.364 e. The Labute approximate surface area is 137 Å². The van der Waals surface area contributed by atoms with Crippen molar-refractivity contribution in [2.75, 3.05) is 13.8 Å². The summed E-state index contributed by atoms with van der Waals surface area (Å²) in [5.74, 6) is 0.145. The van der Waals surface area contributed by atoms with E-state index in [1.165, 1.54) is 5.56 Å². The molecular formula is C20H23NO2. The Morgan fingerprint density at radius 2 is 1.78 bits per heavy atom. The van der Waals surface area contributed by atoms with E-state index < -0.39 is 5.41 Å². The minimum absolute atomic E-state index is 0.145. The maximum absolute atomic E-state index is 13.4. The number of hydrogen-bond donors (Lipinski definition) is 0. The Balaban J connectivity index is 2.24. The van der Waals surface area contributed by atoms with Crippen LogP contribution in [-0.2, 0) is 21.5 Å². The zero-order chi connectivity index (χ0) is 16.3. The largest absolute Gasteiger partial charge is 0.364 e. The van der Waals surface area contributed by atoms with E-state index in [1.807, 2.05) is 35.2 Å². The van der Waals surface area contributed by atoms with Gasteiger partial charge >= 0.3 is 0 Å². The maximum Gasteiger partial charge on any atom is 0.239 e. The van der Waals surface area contributed by atoms with Gasteiger partial charge in [0, 0.05) is 13.7 Å². The van der Waals surface area contributed by atoms with Gasteiger partial charge in [-0.05, 0) is 23.1 Å². The van der Waals surface area contributed by atoms with E-state index in [0.717, 1.165) is 24.0 Å². The van der Waals surface area contributed by atoms with E-state index >= 15 is 0 Å². The highest BCUT2D eigenvalue weighted by atomic mass is 16.5. The van der Waals surface area contributed by atoms with Crippen molar-refractivity contribution >= 4 is 5.91 Å². The molecule has 1 atom stereocenters. The second-order valence-electron chi connectivity index (χ2n) is 6.10.